The fraction of sp³-hybridized carbons (Fsp3) is 0.333. The third-order valence-corrected chi connectivity index (χ3v) is 5.70. The van der Waals surface area contributed by atoms with Gasteiger partial charge in [-0.3, -0.25) is 4.79 Å². The van der Waals surface area contributed by atoms with Gasteiger partial charge in [0.1, 0.15) is 0 Å². The summed E-state index contributed by atoms with van der Waals surface area (Å²) in [6, 6.07) is 14.3. The maximum absolute atomic E-state index is 12.8. The Morgan fingerprint density at radius 1 is 1.20 bits per heavy atom. The Bertz CT molecular complexity index is 936. The first-order valence-electron chi connectivity index (χ1n) is 10.1. The summed E-state index contributed by atoms with van der Waals surface area (Å²) in [5, 5.41) is 3.43. The zero-order chi connectivity index (χ0) is 21.5. The molecule has 0 aliphatic carbocycles. The molecule has 156 valence electrons. The number of piperidine rings is 1. The van der Waals surface area contributed by atoms with Crippen molar-refractivity contribution < 1.29 is 9.59 Å². The van der Waals surface area contributed by atoms with E-state index in [1.807, 2.05) is 23.1 Å². The molecule has 0 aromatic heterocycles. The van der Waals surface area contributed by atoms with Crippen LogP contribution in [0.5, 0.6) is 0 Å². The molecular formula is C24H26ClN3O2. The fourth-order valence-corrected chi connectivity index (χ4v) is 3.80. The van der Waals surface area contributed by atoms with Gasteiger partial charge in [0.15, 0.2) is 0 Å². The molecule has 0 spiro atoms. The Morgan fingerprint density at radius 2 is 1.93 bits per heavy atom. The van der Waals surface area contributed by atoms with Gasteiger partial charge in [-0.2, -0.15) is 0 Å². The number of terminal acetylenes is 1. The van der Waals surface area contributed by atoms with Crippen molar-refractivity contribution in [2.45, 2.75) is 38.8 Å². The third-order valence-electron chi connectivity index (χ3n) is 5.34. The van der Waals surface area contributed by atoms with E-state index >= 15 is 0 Å². The molecule has 6 heteroatoms. The van der Waals surface area contributed by atoms with Crippen molar-refractivity contribution in [2.24, 2.45) is 0 Å². The van der Waals surface area contributed by atoms with Crippen LogP contribution in [0.15, 0.2) is 48.5 Å². The van der Waals surface area contributed by atoms with E-state index in [0.29, 0.717) is 22.8 Å². The molecule has 30 heavy (non-hydrogen) atoms. The summed E-state index contributed by atoms with van der Waals surface area (Å²) in [5.74, 6) is 2.55. The molecule has 0 saturated carbocycles. The van der Waals surface area contributed by atoms with E-state index in [9.17, 15) is 9.59 Å². The van der Waals surface area contributed by atoms with E-state index in [1.54, 1.807) is 30.3 Å². The SMILES string of the molecule is C#CCN(Cc1ccccc1Cl)C(=O)Nc1ccc(C(=O)N2CCCC[C@@H]2C)cc1. The number of halogens is 1. The number of urea groups is 1. The normalized spacial score (nSPS) is 15.9. The molecule has 0 unspecified atom stereocenters. The van der Waals surface area contributed by atoms with Crippen molar-refractivity contribution >= 4 is 29.2 Å². The Morgan fingerprint density at radius 3 is 2.60 bits per heavy atom. The van der Waals surface area contributed by atoms with Crippen molar-refractivity contribution in [1.82, 2.24) is 9.80 Å². The highest BCUT2D eigenvalue weighted by molar-refractivity contribution is 6.31. The van der Waals surface area contributed by atoms with Crippen molar-refractivity contribution in [2.75, 3.05) is 18.4 Å². The lowest BCUT2D eigenvalue weighted by atomic mass is 10.0. The van der Waals surface area contributed by atoms with Gasteiger partial charge in [-0.25, -0.2) is 4.79 Å². The van der Waals surface area contributed by atoms with E-state index in [2.05, 4.69) is 18.2 Å². The second-order valence-corrected chi connectivity index (χ2v) is 7.91. The predicted molar refractivity (Wildman–Crippen MR) is 121 cm³/mol. The first-order valence-corrected chi connectivity index (χ1v) is 10.5. The minimum Gasteiger partial charge on any atom is -0.336 e. The van der Waals surface area contributed by atoms with Crippen molar-refractivity contribution in [1.29, 1.82) is 0 Å². The lowest BCUT2D eigenvalue weighted by Gasteiger charge is -2.33. The molecule has 1 saturated heterocycles. The summed E-state index contributed by atoms with van der Waals surface area (Å²) in [5.41, 5.74) is 2.05. The van der Waals surface area contributed by atoms with Crippen molar-refractivity contribution in [3.05, 3.63) is 64.7 Å². The molecule has 1 N–H and O–H groups in total. The number of benzene rings is 2. The molecular weight excluding hydrogens is 398 g/mol. The molecule has 3 amide bonds. The average molecular weight is 424 g/mol. The molecule has 5 nitrogen and oxygen atoms in total. The Kier molecular flexibility index (Phi) is 7.37. The van der Waals surface area contributed by atoms with Crippen LogP contribution in [0.4, 0.5) is 10.5 Å². The molecule has 2 aromatic carbocycles. The van der Waals surface area contributed by atoms with Crippen LogP contribution in [0.2, 0.25) is 5.02 Å². The van der Waals surface area contributed by atoms with E-state index in [1.165, 1.54) is 4.90 Å². The standard InChI is InChI=1S/C24H26ClN3O2/c1-3-15-27(17-20-9-4-5-10-22(20)25)24(30)26-21-13-11-19(12-14-21)23(29)28-16-7-6-8-18(28)2/h1,4-5,9-14,18H,6-8,15-17H2,2H3,(H,26,30)/t18-/m0/s1. The number of carbonyl (C=O) groups excluding carboxylic acids is 2. The third kappa shape index (κ3) is 5.34. The number of nitrogens with one attached hydrogen (secondary N) is 1. The number of nitrogens with zero attached hydrogens (tertiary/aromatic N) is 2. The van der Waals surface area contributed by atoms with Gasteiger partial charge in [0, 0.05) is 35.4 Å². The zero-order valence-electron chi connectivity index (χ0n) is 17.1. The van der Waals surface area contributed by atoms with Gasteiger partial charge < -0.3 is 15.1 Å². The minimum absolute atomic E-state index is 0.0350. The molecule has 1 atom stereocenters. The number of hydrogen-bond donors (Lipinski definition) is 1. The average Bonchev–Trinajstić information content (AvgIpc) is 2.75. The second-order valence-electron chi connectivity index (χ2n) is 7.50. The summed E-state index contributed by atoms with van der Waals surface area (Å²) < 4.78 is 0. The summed E-state index contributed by atoms with van der Waals surface area (Å²) >= 11 is 6.21. The molecule has 0 bridgehead atoms. The lowest BCUT2D eigenvalue weighted by molar-refractivity contribution is 0.0635. The highest BCUT2D eigenvalue weighted by atomic mass is 35.5. The van der Waals surface area contributed by atoms with Gasteiger partial charge in [0.05, 0.1) is 6.54 Å². The van der Waals surface area contributed by atoms with Crippen LogP contribution >= 0.6 is 11.6 Å². The molecule has 3 rings (SSSR count). The number of likely N-dealkylation sites (tertiary alicyclic amines) is 1. The Labute approximate surface area is 183 Å². The molecule has 1 fully saturated rings. The van der Waals surface area contributed by atoms with E-state index in [-0.39, 0.29) is 24.5 Å². The highest BCUT2D eigenvalue weighted by Gasteiger charge is 2.24. The predicted octanol–water partition coefficient (Wildman–Crippen LogP) is 5.02. The topological polar surface area (TPSA) is 52.7 Å². The smallest absolute Gasteiger partial charge is 0.322 e. The maximum Gasteiger partial charge on any atom is 0.322 e. The molecule has 1 aliphatic heterocycles. The van der Waals surface area contributed by atoms with Crippen molar-refractivity contribution in [3.63, 3.8) is 0 Å². The Hall–Kier alpha value is -2.97. The first kappa shape index (κ1) is 21.7. The Balaban J connectivity index is 1.65. The van der Waals surface area contributed by atoms with Crippen molar-refractivity contribution in [3.8, 4) is 12.3 Å². The van der Waals surface area contributed by atoms with Gasteiger partial charge in [-0.1, -0.05) is 35.7 Å². The summed E-state index contributed by atoms with van der Waals surface area (Å²) in [4.78, 5) is 28.9. The fourth-order valence-electron chi connectivity index (χ4n) is 3.61. The van der Waals surface area contributed by atoms with Crippen LogP contribution in [0.1, 0.15) is 42.1 Å². The van der Waals surface area contributed by atoms with Gasteiger partial charge in [-0.15, -0.1) is 6.42 Å². The van der Waals surface area contributed by atoms with Crippen LogP contribution in [-0.4, -0.2) is 40.9 Å². The van der Waals surface area contributed by atoms with Gasteiger partial charge in [-0.05, 0) is 62.1 Å². The molecule has 0 radical (unpaired) electrons. The maximum atomic E-state index is 12.8. The van der Waals surface area contributed by atoms with Crippen LogP contribution in [-0.2, 0) is 6.54 Å². The van der Waals surface area contributed by atoms with Gasteiger partial charge in [0.25, 0.3) is 5.91 Å². The quantitative estimate of drug-likeness (QED) is 0.686. The summed E-state index contributed by atoms with van der Waals surface area (Å²) in [7, 11) is 0. The number of carbonyl (C=O) groups is 2. The summed E-state index contributed by atoms with van der Waals surface area (Å²) in [6.45, 7) is 3.34. The van der Waals surface area contributed by atoms with Crippen LogP contribution in [0.3, 0.4) is 0 Å². The largest absolute Gasteiger partial charge is 0.336 e. The first-order chi connectivity index (χ1) is 14.5. The zero-order valence-corrected chi connectivity index (χ0v) is 17.9. The number of rotatable bonds is 5. The highest BCUT2D eigenvalue weighted by Crippen LogP contribution is 2.21. The van der Waals surface area contributed by atoms with E-state index in [4.69, 9.17) is 18.0 Å². The second kappa shape index (κ2) is 10.2. The van der Waals surface area contributed by atoms with Crippen LogP contribution in [0, 0.1) is 12.3 Å². The number of anilines is 1. The molecule has 1 aliphatic rings. The number of amides is 3. The van der Waals surface area contributed by atoms with E-state index < -0.39 is 0 Å². The van der Waals surface area contributed by atoms with Crippen LogP contribution < -0.4 is 5.32 Å². The summed E-state index contributed by atoms with van der Waals surface area (Å²) in [6.07, 6.45) is 8.69. The molecule has 2 aromatic rings. The number of hydrogen-bond acceptors (Lipinski definition) is 2. The molecule has 1 heterocycles. The monoisotopic (exact) mass is 423 g/mol. The van der Waals surface area contributed by atoms with Crippen LogP contribution in [0.25, 0.3) is 0 Å². The minimum atomic E-state index is -0.323. The van der Waals surface area contributed by atoms with Gasteiger partial charge in [0.2, 0.25) is 0 Å². The van der Waals surface area contributed by atoms with Gasteiger partial charge >= 0.3 is 6.03 Å². The van der Waals surface area contributed by atoms with E-state index in [0.717, 1.165) is 31.4 Å². The lowest BCUT2D eigenvalue weighted by Crippen LogP contribution is -2.42.